The average Bonchev–Trinajstić information content (AvgIpc) is 2.73. The van der Waals surface area contributed by atoms with Crippen LogP contribution in [-0.2, 0) is 9.53 Å². The van der Waals surface area contributed by atoms with Crippen LogP contribution in [0.3, 0.4) is 0 Å². The van der Waals surface area contributed by atoms with Crippen LogP contribution >= 0.6 is 11.6 Å². The van der Waals surface area contributed by atoms with Crippen molar-refractivity contribution >= 4 is 35.1 Å². The van der Waals surface area contributed by atoms with Crippen molar-refractivity contribution in [3.63, 3.8) is 0 Å². The van der Waals surface area contributed by atoms with E-state index in [9.17, 15) is 14.4 Å². The third kappa shape index (κ3) is 6.12. The van der Waals surface area contributed by atoms with E-state index in [1.54, 1.807) is 25.1 Å². The Balaban J connectivity index is 2.00. The summed E-state index contributed by atoms with van der Waals surface area (Å²) in [6.07, 6.45) is 0. The molecule has 0 spiro atoms. The number of ether oxygens (including phenoxy) is 3. The fourth-order valence-corrected chi connectivity index (χ4v) is 2.80. The molecule has 0 aliphatic carbocycles. The van der Waals surface area contributed by atoms with Gasteiger partial charge in [0, 0.05) is 17.8 Å². The van der Waals surface area contributed by atoms with Crippen molar-refractivity contribution in [3.05, 3.63) is 52.5 Å². The van der Waals surface area contributed by atoms with Gasteiger partial charge >= 0.3 is 5.97 Å². The molecule has 2 N–H and O–H groups in total. The Kier molecular flexibility index (Phi) is 8.49. The van der Waals surface area contributed by atoms with E-state index in [1.165, 1.54) is 25.3 Å². The van der Waals surface area contributed by atoms with Crippen molar-refractivity contribution in [2.45, 2.75) is 13.8 Å². The highest BCUT2D eigenvalue weighted by Crippen LogP contribution is 2.36. The molecular weight excluding hydrogens is 412 g/mol. The minimum absolute atomic E-state index is 0.117. The Bertz CT molecular complexity index is 932. The molecule has 2 aromatic carbocycles. The highest BCUT2D eigenvalue weighted by molar-refractivity contribution is 6.32. The zero-order chi connectivity index (χ0) is 22.1. The van der Waals surface area contributed by atoms with Gasteiger partial charge in [0.25, 0.3) is 11.8 Å². The first-order valence-corrected chi connectivity index (χ1v) is 9.62. The number of nitrogens with one attached hydrogen (secondary N) is 2. The Hall–Kier alpha value is -3.26. The highest BCUT2D eigenvalue weighted by Gasteiger charge is 2.18. The molecule has 0 atom stereocenters. The van der Waals surface area contributed by atoms with Gasteiger partial charge in [0.05, 0.1) is 24.3 Å². The number of esters is 1. The number of benzene rings is 2. The number of rotatable bonds is 9. The smallest absolute Gasteiger partial charge is 0.338 e. The number of halogens is 1. The molecule has 8 nitrogen and oxygen atoms in total. The summed E-state index contributed by atoms with van der Waals surface area (Å²) < 4.78 is 15.6. The van der Waals surface area contributed by atoms with Gasteiger partial charge in [-0.2, -0.15) is 0 Å². The standard InChI is InChI=1S/C21H23ClN2O6/c1-4-23-20(26)13-7-6-8-15(9-13)24-18(25)12-30-21(27)14-10-16(22)19(29-5-2)17(11-14)28-3/h6-11H,4-5,12H2,1-3H3,(H,23,26)(H,24,25). The van der Waals surface area contributed by atoms with Crippen LogP contribution in [0.15, 0.2) is 36.4 Å². The Morgan fingerprint density at radius 1 is 1.07 bits per heavy atom. The molecule has 9 heteroatoms. The minimum atomic E-state index is -0.746. The van der Waals surface area contributed by atoms with E-state index in [0.29, 0.717) is 30.2 Å². The lowest BCUT2D eigenvalue weighted by Crippen LogP contribution is -2.23. The van der Waals surface area contributed by atoms with Crippen LogP contribution < -0.4 is 20.1 Å². The van der Waals surface area contributed by atoms with Crippen LogP contribution in [0.25, 0.3) is 0 Å². The number of carbonyl (C=O) groups is 3. The van der Waals surface area contributed by atoms with Gasteiger partial charge in [-0.3, -0.25) is 9.59 Å². The maximum atomic E-state index is 12.3. The number of hydrogen-bond acceptors (Lipinski definition) is 6. The van der Waals surface area contributed by atoms with E-state index >= 15 is 0 Å². The van der Waals surface area contributed by atoms with Crippen LogP contribution in [0.2, 0.25) is 5.02 Å². The number of methoxy groups -OCH3 is 1. The monoisotopic (exact) mass is 434 g/mol. The van der Waals surface area contributed by atoms with Gasteiger partial charge in [0.2, 0.25) is 0 Å². The zero-order valence-corrected chi connectivity index (χ0v) is 17.7. The van der Waals surface area contributed by atoms with Gasteiger partial charge < -0.3 is 24.8 Å². The highest BCUT2D eigenvalue weighted by atomic mass is 35.5. The predicted octanol–water partition coefficient (Wildman–Crippen LogP) is 3.29. The molecule has 2 amide bonds. The molecule has 0 heterocycles. The first-order valence-electron chi connectivity index (χ1n) is 9.25. The van der Waals surface area contributed by atoms with Gasteiger partial charge in [0.15, 0.2) is 18.1 Å². The van der Waals surface area contributed by atoms with E-state index in [4.69, 9.17) is 25.8 Å². The third-order valence-electron chi connectivity index (χ3n) is 3.83. The summed E-state index contributed by atoms with van der Waals surface area (Å²) in [6, 6.07) is 9.23. The van der Waals surface area contributed by atoms with Gasteiger partial charge in [0.1, 0.15) is 0 Å². The summed E-state index contributed by atoms with van der Waals surface area (Å²) in [6.45, 7) is 3.96. The minimum Gasteiger partial charge on any atom is -0.493 e. The number of anilines is 1. The van der Waals surface area contributed by atoms with E-state index in [-0.39, 0.29) is 22.2 Å². The predicted molar refractivity (Wildman–Crippen MR) is 113 cm³/mol. The topological polar surface area (TPSA) is 103 Å². The fourth-order valence-electron chi connectivity index (χ4n) is 2.53. The Morgan fingerprint density at radius 2 is 1.83 bits per heavy atom. The zero-order valence-electron chi connectivity index (χ0n) is 16.9. The van der Waals surface area contributed by atoms with Crippen molar-refractivity contribution in [3.8, 4) is 11.5 Å². The van der Waals surface area contributed by atoms with Crippen molar-refractivity contribution in [2.75, 3.05) is 32.2 Å². The van der Waals surface area contributed by atoms with Gasteiger partial charge in [-0.1, -0.05) is 17.7 Å². The SMILES string of the molecule is CCNC(=O)c1cccc(NC(=O)COC(=O)c2cc(Cl)c(OCC)c(OC)c2)c1. The van der Waals surface area contributed by atoms with Gasteiger partial charge in [-0.05, 0) is 44.2 Å². The van der Waals surface area contributed by atoms with Crippen LogP contribution in [-0.4, -0.2) is 44.7 Å². The lowest BCUT2D eigenvalue weighted by Gasteiger charge is -2.13. The molecule has 2 aromatic rings. The summed E-state index contributed by atoms with van der Waals surface area (Å²) in [4.78, 5) is 36.3. The van der Waals surface area contributed by atoms with Crippen LogP contribution in [0, 0.1) is 0 Å². The molecule has 160 valence electrons. The largest absolute Gasteiger partial charge is 0.493 e. The molecule has 0 saturated heterocycles. The second kappa shape index (κ2) is 11.1. The van der Waals surface area contributed by atoms with Gasteiger partial charge in [-0.15, -0.1) is 0 Å². The molecule has 0 saturated carbocycles. The molecule has 0 aliphatic rings. The van der Waals surface area contributed by atoms with Crippen LogP contribution in [0.4, 0.5) is 5.69 Å². The first-order chi connectivity index (χ1) is 14.4. The molecule has 0 fully saturated rings. The van der Waals surface area contributed by atoms with Crippen molar-refractivity contribution in [1.82, 2.24) is 5.32 Å². The number of carbonyl (C=O) groups excluding carboxylic acids is 3. The normalized spacial score (nSPS) is 10.1. The quantitative estimate of drug-likeness (QED) is 0.587. The molecular formula is C21H23ClN2O6. The number of hydrogen-bond donors (Lipinski definition) is 2. The van der Waals surface area contributed by atoms with E-state index in [2.05, 4.69) is 10.6 Å². The molecule has 0 unspecified atom stereocenters. The molecule has 0 aromatic heterocycles. The van der Waals surface area contributed by atoms with Crippen LogP contribution in [0.5, 0.6) is 11.5 Å². The molecule has 0 radical (unpaired) electrons. The van der Waals surface area contributed by atoms with E-state index in [0.717, 1.165) is 0 Å². The molecule has 0 bridgehead atoms. The van der Waals surface area contributed by atoms with E-state index < -0.39 is 18.5 Å². The first kappa shape index (κ1) is 23.0. The third-order valence-corrected chi connectivity index (χ3v) is 4.11. The van der Waals surface area contributed by atoms with Crippen LogP contribution in [0.1, 0.15) is 34.6 Å². The van der Waals surface area contributed by atoms with Crippen molar-refractivity contribution < 1.29 is 28.6 Å². The second-order valence-corrected chi connectivity index (χ2v) is 6.39. The Labute approximate surface area is 179 Å². The lowest BCUT2D eigenvalue weighted by molar-refractivity contribution is -0.119. The van der Waals surface area contributed by atoms with Gasteiger partial charge in [-0.25, -0.2) is 4.79 Å². The van der Waals surface area contributed by atoms with Crippen molar-refractivity contribution in [1.29, 1.82) is 0 Å². The summed E-state index contributed by atoms with van der Waals surface area (Å²) in [5.74, 6) is -0.947. The summed E-state index contributed by atoms with van der Waals surface area (Å²) >= 11 is 6.14. The maximum absolute atomic E-state index is 12.3. The summed E-state index contributed by atoms with van der Waals surface area (Å²) in [5.41, 5.74) is 0.930. The second-order valence-electron chi connectivity index (χ2n) is 5.99. The lowest BCUT2D eigenvalue weighted by atomic mass is 10.2. The fraction of sp³-hybridized carbons (Fsp3) is 0.286. The number of amides is 2. The van der Waals surface area contributed by atoms with E-state index in [1.807, 2.05) is 6.92 Å². The summed E-state index contributed by atoms with van der Waals surface area (Å²) in [5, 5.41) is 5.44. The average molecular weight is 435 g/mol. The Morgan fingerprint density at radius 3 is 2.50 bits per heavy atom. The summed E-state index contributed by atoms with van der Waals surface area (Å²) in [7, 11) is 1.42. The molecule has 30 heavy (non-hydrogen) atoms. The van der Waals surface area contributed by atoms with Crippen molar-refractivity contribution in [2.24, 2.45) is 0 Å². The maximum Gasteiger partial charge on any atom is 0.338 e. The molecule has 0 aliphatic heterocycles. The molecule has 2 rings (SSSR count).